The van der Waals surface area contributed by atoms with Crippen LogP contribution in [0.25, 0.3) is 0 Å². The van der Waals surface area contributed by atoms with Crippen molar-refractivity contribution in [3.8, 4) is 6.07 Å². The number of H-pyrrole nitrogens is 1. The van der Waals surface area contributed by atoms with Crippen LogP contribution in [0.5, 0.6) is 0 Å². The van der Waals surface area contributed by atoms with Crippen LogP contribution in [0.15, 0.2) is 18.3 Å². The fourth-order valence-electron chi connectivity index (χ4n) is 2.25. The van der Waals surface area contributed by atoms with E-state index in [1.54, 1.807) is 0 Å². The molecule has 1 fully saturated rings. The first-order chi connectivity index (χ1) is 8.35. The van der Waals surface area contributed by atoms with Crippen LogP contribution in [0.3, 0.4) is 0 Å². The lowest BCUT2D eigenvalue weighted by atomic mass is 10.1. The van der Waals surface area contributed by atoms with Crippen molar-refractivity contribution in [2.45, 2.75) is 6.04 Å². The fourth-order valence-corrected chi connectivity index (χ4v) is 2.25. The van der Waals surface area contributed by atoms with Gasteiger partial charge in [0.15, 0.2) is 0 Å². The lowest BCUT2D eigenvalue weighted by Crippen LogP contribution is -2.48. The second kappa shape index (κ2) is 5.82. The van der Waals surface area contributed by atoms with Crippen LogP contribution in [0.2, 0.25) is 0 Å². The predicted octanol–water partition coefficient (Wildman–Crippen LogP) is 0.189. The molecule has 0 amide bonds. The molecule has 5 heteroatoms. The molecule has 5 nitrogen and oxygen atoms in total. The van der Waals surface area contributed by atoms with Crippen LogP contribution in [-0.2, 0) is 0 Å². The topological polar surface area (TPSA) is 66.3 Å². The predicted molar refractivity (Wildman–Crippen MR) is 64.2 cm³/mol. The molecule has 2 heterocycles. The minimum atomic E-state index is -0.179. The molecule has 1 saturated heterocycles. The van der Waals surface area contributed by atoms with Crippen LogP contribution < -0.4 is 0 Å². The van der Waals surface area contributed by atoms with Gasteiger partial charge >= 0.3 is 0 Å². The number of nitriles is 1. The van der Waals surface area contributed by atoms with Crippen LogP contribution in [-0.4, -0.2) is 59.2 Å². The molecule has 1 atom stereocenters. The lowest BCUT2D eigenvalue weighted by molar-refractivity contribution is 0.0973. The van der Waals surface area contributed by atoms with Gasteiger partial charge in [0.05, 0.1) is 12.7 Å². The largest absolute Gasteiger partial charge is 0.395 e. The van der Waals surface area contributed by atoms with E-state index in [0.717, 1.165) is 38.4 Å². The maximum Gasteiger partial charge on any atom is 0.138 e. The van der Waals surface area contributed by atoms with Crippen LogP contribution in [0.1, 0.15) is 11.7 Å². The third-order valence-electron chi connectivity index (χ3n) is 3.23. The Morgan fingerprint density at radius 2 is 2.18 bits per heavy atom. The monoisotopic (exact) mass is 234 g/mol. The number of nitrogens with zero attached hydrogens (tertiary/aromatic N) is 3. The molecule has 0 aromatic carbocycles. The number of piperazine rings is 1. The number of aromatic nitrogens is 1. The number of aliphatic hydroxyl groups is 1. The van der Waals surface area contributed by atoms with Gasteiger partial charge in [0.1, 0.15) is 6.04 Å². The van der Waals surface area contributed by atoms with Crippen molar-refractivity contribution in [1.29, 1.82) is 5.26 Å². The van der Waals surface area contributed by atoms with E-state index in [1.807, 2.05) is 18.3 Å². The fraction of sp³-hybridized carbons (Fsp3) is 0.583. The summed E-state index contributed by atoms with van der Waals surface area (Å²) in [6.45, 7) is 4.51. The molecule has 17 heavy (non-hydrogen) atoms. The number of nitrogens with one attached hydrogen (secondary N) is 1. The molecule has 2 N–H and O–H groups in total. The van der Waals surface area contributed by atoms with E-state index in [4.69, 9.17) is 5.11 Å². The Balaban J connectivity index is 1.93. The molecule has 0 radical (unpaired) electrons. The average molecular weight is 234 g/mol. The molecule has 0 bridgehead atoms. The van der Waals surface area contributed by atoms with Gasteiger partial charge < -0.3 is 10.1 Å². The van der Waals surface area contributed by atoms with E-state index in [0.29, 0.717) is 0 Å². The molecular formula is C12H18N4O. The third kappa shape index (κ3) is 2.86. The summed E-state index contributed by atoms with van der Waals surface area (Å²) >= 11 is 0. The number of β-amino-alcohol motifs (C(OH)–C–C–N with tert-alkyl or cyclic N) is 1. The molecular weight excluding hydrogens is 216 g/mol. The Hall–Kier alpha value is -1.35. The zero-order chi connectivity index (χ0) is 12.1. The molecule has 92 valence electrons. The van der Waals surface area contributed by atoms with E-state index in [9.17, 15) is 5.26 Å². The van der Waals surface area contributed by atoms with Gasteiger partial charge in [-0.05, 0) is 12.1 Å². The molecule has 1 aliphatic rings. The Morgan fingerprint density at radius 1 is 1.41 bits per heavy atom. The highest BCUT2D eigenvalue weighted by Gasteiger charge is 2.24. The number of hydrogen-bond acceptors (Lipinski definition) is 4. The van der Waals surface area contributed by atoms with E-state index in [-0.39, 0.29) is 12.6 Å². The Bertz CT molecular complexity index is 362. The third-order valence-corrected chi connectivity index (χ3v) is 3.23. The van der Waals surface area contributed by atoms with Crippen LogP contribution in [0.4, 0.5) is 0 Å². The van der Waals surface area contributed by atoms with Gasteiger partial charge in [-0.15, -0.1) is 0 Å². The van der Waals surface area contributed by atoms with Gasteiger partial charge in [0, 0.05) is 44.6 Å². The second-order valence-corrected chi connectivity index (χ2v) is 4.26. The molecule has 1 aliphatic heterocycles. The van der Waals surface area contributed by atoms with Crippen molar-refractivity contribution < 1.29 is 5.11 Å². The van der Waals surface area contributed by atoms with Crippen molar-refractivity contribution in [3.63, 3.8) is 0 Å². The summed E-state index contributed by atoms with van der Waals surface area (Å²) in [4.78, 5) is 7.51. The standard InChI is InChI=1S/C12H18N4O/c13-10-12(11-2-1-3-14-11)16-6-4-15(5-7-16)8-9-17/h1-3,12,14,17H,4-9H2. The first-order valence-electron chi connectivity index (χ1n) is 5.95. The van der Waals surface area contributed by atoms with Gasteiger partial charge in [0.25, 0.3) is 0 Å². The number of hydrogen-bond donors (Lipinski definition) is 2. The van der Waals surface area contributed by atoms with E-state index >= 15 is 0 Å². The molecule has 0 saturated carbocycles. The minimum Gasteiger partial charge on any atom is -0.395 e. The van der Waals surface area contributed by atoms with Crippen molar-refractivity contribution in [1.82, 2.24) is 14.8 Å². The summed E-state index contributed by atoms with van der Waals surface area (Å²) in [5.41, 5.74) is 0.961. The molecule has 0 spiro atoms. The molecule has 1 aromatic heterocycles. The summed E-state index contributed by atoms with van der Waals surface area (Å²) < 4.78 is 0. The van der Waals surface area contributed by atoms with Gasteiger partial charge in [0.2, 0.25) is 0 Å². The van der Waals surface area contributed by atoms with Crippen LogP contribution >= 0.6 is 0 Å². The summed E-state index contributed by atoms with van der Waals surface area (Å²) in [5.74, 6) is 0. The smallest absolute Gasteiger partial charge is 0.138 e. The highest BCUT2D eigenvalue weighted by molar-refractivity contribution is 5.16. The van der Waals surface area contributed by atoms with E-state index in [1.165, 1.54) is 0 Å². The van der Waals surface area contributed by atoms with Gasteiger partial charge in [-0.2, -0.15) is 5.26 Å². The number of aliphatic hydroxyl groups excluding tert-OH is 1. The highest BCUT2D eigenvalue weighted by Crippen LogP contribution is 2.19. The highest BCUT2D eigenvalue weighted by atomic mass is 16.3. The summed E-state index contributed by atoms with van der Waals surface area (Å²) in [6.07, 6.45) is 1.85. The lowest BCUT2D eigenvalue weighted by Gasteiger charge is -2.36. The summed E-state index contributed by atoms with van der Waals surface area (Å²) in [6, 6.07) is 6.04. The van der Waals surface area contributed by atoms with Gasteiger partial charge in [-0.1, -0.05) is 0 Å². The van der Waals surface area contributed by atoms with Crippen molar-refractivity contribution in [3.05, 3.63) is 24.0 Å². The SMILES string of the molecule is N#CC(c1ccc[nH]1)N1CCN(CCO)CC1. The Kier molecular flexibility index (Phi) is 4.15. The molecule has 1 unspecified atom stereocenters. The number of aromatic amines is 1. The van der Waals surface area contributed by atoms with Crippen molar-refractivity contribution in [2.24, 2.45) is 0 Å². The molecule has 0 aliphatic carbocycles. The van der Waals surface area contributed by atoms with E-state index < -0.39 is 0 Å². The summed E-state index contributed by atoms with van der Waals surface area (Å²) in [5, 5.41) is 18.1. The zero-order valence-corrected chi connectivity index (χ0v) is 9.84. The van der Waals surface area contributed by atoms with Crippen molar-refractivity contribution >= 4 is 0 Å². The average Bonchev–Trinajstić information content (AvgIpc) is 2.86. The molecule has 2 rings (SSSR count). The quantitative estimate of drug-likeness (QED) is 0.780. The normalized spacial score (nSPS) is 20.0. The summed E-state index contributed by atoms with van der Waals surface area (Å²) in [7, 11) is 0. The zero-order valence-electron chi connectivity index (χ0n) is 9.84. The van der Waals surface area contributed by atoms with Gasteiger partial charge in [-0.3, -0.25) is 9.80 Å². The second-order valence-electron chi connectivity index (χ2n) is 4.26. The Labute approximate surface area is 101 Å². The van der Waals surface area contributed by atoms with Crippen molar-refractivity contribution in [2.75, 3.05) is 39.3 Å². The maximum absolute atomic E-state index is 9.25. The first-order valence-corrected chi connectivity index (χ1v) is 5.95. The first kappa shape index (κ1) is 12.1. The van der Waals surface area contributed by atoms with Gasteiger partial charge in [-0.25, -0.2) is 0 Å². The van der Waals surface area contributed by atoms with E-state index in [2.05, 4.69) is 20.9 Å². The maximum atomic E-state index is 9.25. The Morgan fingerprint density at radius 3 is 2.71 bits per heavy atom. The minimum absolute atomic E-state index is 0.179. The van der Waals surface area contributed by atoms with Crippen LogP contribution in [0, 0.1) is 11.3 Å². The molecule has 1 aromatic rings. The number of rotatable bonds is 4.